The smallest absolute Gasteiger partial charge is 0.115 e. The van der Waals surface area contributed by atoms with Gasteiger partial charge in [-0.25, -0.2) is 9.97 Å². The van der Waals surface area contributed by atoms with Gasteiger partial charge in [0, 0.05) is 25.9 Å². The summed E-state index contributed by atoms with van der Waals surface area (Å²) in [4.78, 5) is 7.89. The Balaban J connectivity index is 2.20. The largest absolute Gasteiger partial charge is 0.396 e. The summed E-state index contributed by atoms with van der Waals surface area (Å²) in [5.41, 5.74) is 0.972. The first-order valence-corrected chi connectivity index (χ1v) is 4.39. The fourth-order valence-electron chi connectivity index (χ4n) is 0.934. The van der Waals surface area contributed by atoms with Crippen LogP contribution in [0.2, 0.25) is 0 Å². The number of nitrogens with zero attached hydrogens (tertiary/aromatic N) is 2. The first-order valence-electron chi connectivity index (χ1n) is 4.39. The molecule has 0 bridgehead atoms. The van der Waals surface area contributed by atoms with Crippen LogP contribution in [-0.2, 0) is 6.54 Å². The number of hydrogen-bond donors (Lipinski definition) is 2. The van der Waals surface area contributed by atoms with Crippen LogP contribution in [0.25, 0.3) is 0 Å². The Morgan fingerprint density at radius 1 is 1.62 bits per heavy atom. The SMILES string of the molecule is CC(CO)CNCc1ccncn1. The molecule has 0 aromatic carbocycles. The molecule has 13 heavy (non-hydrogen) atoms. The average Bonchev–Trinajstić information content (AvgIpc) is 2.19. The van der Waals surface area contributed by atoms with Crippen LogP contribution >= 0.6 is 0 Å². The summed E-state index contributed by atoms with van der Waals surface area (Å²) >= 11 is 0. The highest BCUT2D eigenvalue weighted by molar-refractivity contribution is 4.96. The van der Waals surface area contributed by atoms with E-state index in [9.17, 15) is 0 Å². The molecule has 0 aliphatic rings. The summed E-state index contributed by atoms with van der Waals surface area (Å²) < 4.78 is 0. The van der Waals surface area contributed by atoms with Crippen LogP contribution in [0.4, 0.5) is 0 Å². The van der Waals surface area contributed by atoms with Crippen LogP contribution in [-0.4, -0.2) is 28.2 Å². The maximum atomic E-state index is 8.77. The Labute approximate surface area is 78.0 Å². The van der Waals surface area contributed by atoms with Gasteiger partial charge in [0.1, 0.15) is 6.33 Å². The van der Waals surface area contributed by atoms with Crippen molar-refractivity contribution in [2.75, 3.05) is 13.2 Å². The van der Waals surface area contributed by atoms with E-state index in [4.69, 9.17) is 5.11 Å². The molecule has 0 aliphatic heterocycles. The Bertz CT molecular complexity index is 228. The van der Waals surface area contributed by atoms with Gasteiger partial charge in [0.05, 0.1) is 5.69 Å². The minimum atomic E-state index is 0.219. The van der Waals surface area contributed by atoms with Gasteiger partial charge >= 0.3 is 0 Å². The third-order valence-corrected chi connectivity index (χ3v) is 1.75. The Kier molecular flexibility index (Phi) is 4.35. The molecule has 1 aromatic rings. The number of aliphatic hydroxyl groups excluding tert-OH is 1. The molecule has 72 valence electrons. The van der Waals surface area contributed by atoms with E-state index in [1.54, 1.807) is 6.20 Å². The third-order valence-electron chi connectivity index (χ3n) is 1.75. The van der Waals surface area contributed by atoms with Crippen LogP contribution in [0, 0.1) is 5.92 Å². The first kappa shape index (κ1) is 10.1. The summed E-state index contributed by atoms with van der Waals surface area (Å²) in [6.45, 7) is 3.75. The zero-order chi connectivity index (χ0) is 9.52. The van der Waals surface area contributed by atoms with Gasteiger partial charge in [-0.1, -0.05) is 6.92 Å². The minimum Gasteiger partial charge on any atom is -0.396 e. The molecule has 0 amide bonds. The average molecular weight is 181 g/mol. The molecule has 1 heterocycles. The zero-order valence-electron chi connectivity index (χ0n) is 7.77. The van der Waals surface area contributed by atoms with Gasteiger partial charge in [0.25, 0.3) is 0 Å². The standard InChI is InChI=1S/C9H15N3O/c1-8(6-13)4-11-5-9-2-3-10-7-12-9/h2-3,7-8,11,13H,4-6H2,1H3. The van der Waals surface area contributed by atoms with Crippen molar-refractivity contribution in [3.63, 3.8) is 0 Å². The maximum absolute atomic E-state index is 8.77. The maximum Gasteiger partial charge on any atom is 0.115 e. The molecule has 0 saturated heterocycles. The van der Waals surface area contributed by atoms with Crippen molar-refractivity contribution in [3.8, 4) is 0 Å². The number of rotatable bonds is 5. The van der Waals surface area contributed by atoms with E-state index in [-0.39, 0.29) is 6.61 Å². The molecular formula is C9H15N3O. The molecule has 1 unspecified atom stereocenters. The molecule has 1 atom stereocenters. The lowest BCUT2D eigenvalue weighted by Crippen LogP contribution is -2.23. The lowest BCUT2D eigenvalue weighted by atomic mass is 10.2. The Morgan fingerprint density at radius 2 is 2.46 bits per heavy atom. The van der Waals surface area contributed by atoms with E-state index in [1.807, 2.05) is 13.0 Å². The topological polar surface area (TPSA) is 58.0 Å². The van der Waals surface area contributed by atoms with E-state index in [0.29, 0.717) is 5.92 Å². The fraction of sp³-hybridized carbons (Fsp3) is 0.556. The van der Waals surface area contributed by atoms with Gasteiger partial charge < -0.3 is 10.4 Å². The molecular weight excluding hydrogens is 166 g/mol. The monoisotopic (exact) mass is 181 g/mol. The van der Waals surface area contributed by atoms with Gasteiger partial charge in [-0.2, -0.15) is 0 Å². The van der Waals surface area contributed by atoms with Crippen molar-refractivity contribution < 1.29 is 5.11 Å². The second-order valence-corrected chi connectivity index (χ2v) is 3.12. The van der Waals surface area contributed by atoms with Crippen molar-refractivity contribution in [3.05, 3.63) is 24.3 Å². The highest BCUT2D eigenvalue weighted by atomic mass is 16.3. The fourth-order valence-corrected chi connectivity index (χ4v) is 0.934. The van der Waals surface area contributed by atoms with E-state index in [2.05, 4.69) is 15.3 Å². The lowest BCUT2D eigenvalue weighted by molar-refractivity contribution is 0.233. The van der Waals surface area contributed by atoms with Gasteiger partial charge in [-0.3, -0.25) is 0 Å². The van der Waals surface area contributed by atoms with Crippen molar-refractivity contribution >= 4 is 0 Å². The predicted octanol–water partition coefficient (Wildman–Crippen LogP) is 0.195. The normalized spacial score (nSPS) is 12.8. The number of hydrogen-bond acceptors (Lipinski definition) is 4. The van der Waals surface area contributed by atoms with Crippen LogP contribution in [0.3, 0.4) is 0 Å². The minimum absolute atomic E-state index is 0.219. The summed E-state index contributed by atoms with van der Waals surface area (Å²) in [7, 11) is 0. The second-order valence-electron chi connectivity index (χ2n) is 3.12. The third kappa shape index (κ3) is 3.96. The highest BCUT2D eigenvalue weighted by Gasteiger charge is 1.98. The van der Waals surface area contributed by atoms with Crippen LogP contribution < -0.4 is 5.32 Å². The molecule has 0 fully saturated rings. The number of aromatic nitrogens is 2. The molecule has 0 radical (unpaired) electrons. The zero-order valence-corrected chi connectivity index (χ0v) is 7.77. The summed E-state index contributed by atoms with van der Waals surface area (Å²) in [5.74, 6) is 0.293. The molecule has 1 rings (SSSR count). The number of aliphatic hydroxyl groups is 1. The second kappa shape index (κ2) is 5.61. The van der Waals surface area contributed by atoms with Gasteiger partial charge in [-0.05, 0) is 12.0 Å². The Hall–Kier alpha value is -1.00. The first-order chi connectivity index (χ1) is 6.33. The quantitative estimate of drug-likeness (QED) is 0.681. The van der Waals surface area contributed by atoms with Gasteiger partial charge in [-0.15, -0.1) is 0 Å². The Morgan fingerprint density at radius 3 is 3.08 bits per heavy atom. The molecule has 4 heteroatoms. The van der Waals surface area contributed by atoms with Crippen molar-refractivity contribution in [2.24, 2.45) is 5.92 Å². The van der Waals surface area contributed by atoms with E-state index in [1.165, 1.54) is 6.33 Å². The van der Waals surface area contributed by atoms with Crippen molar-refractivity contribution in [1.29, 1.82) is 0 Å². The molecule has 0 spiro atoms. The van der Waals surface area contributed by atoms with Gasteiger partial charge in [0.15, 0.2) is 0 Å². The summed E-state index contributed by atoms with van der Waals surface area (Å²) in [5, 5.41) is 12.0. The summed E-state index contributed by atoms with van der Waals surface area (Å²) in [6, 6.07) is 1.87. The van der Waals surface area contributed by atoms with E-state index < -0.39 is 0 Å². The lowest BCUT2D eigenvalue weighted by Gasteiger charge is -2.08. The molecule has 0 saturated carbocycles. The molecule has 1 aromatic heterocycles. The molecule has 2 N–H and O–H groups in total. The van der Waals surface area contributed by atoms with Gasteiger partial charge in [0.2, 0.25) is 0 Å². The number of nitrogens with one attached hydrogen (secondary N) is 1. The van der Waals surface area contributed by atoms with Crippen molar-refractivity contribution in [2.45, 2.75) is 13.5 Å². The van der Waals surface area contributed by atoms with Crippen LogP contribution in [0.5, 0.6) is 0 Å². The molecule has 4 nitrogen and oxygen atoms in total. The molecule has 0 aliphatic carbocycles. The van der Waals surface area contributed by atoms with E-state index >= 15 is 0 Å². The van der Waals surface area contributed by atoms with Crippen LogP contribution in [0.1, 0.15) is 12.6 Å². The van der Waals surface area contributed by atoms with E-state index in [0.717, 1.165) is 18.8 Å². The highest BCUT2D eigenvalue weighted by Crippen LogP contribution is 1.92. The summed E-state index contributed by atoms with van der Waals surface area (Å²) in [6.07, 6.45) is 3.26. The van der Waals surface area contributed by atoms with Crippen molar-refractivity contribution in [1.82, 2.24) is 15.3 Å². The predicted molar refractivity (Wildman–Crippen MR) is 50.0 cm³/mol. The van der Waals surface area contributed by atoms with Crippen LogP contribution in [0.15, 0.2) is 18.6 Å².